The second-order valence-corrected chi connectivity index (χ2v) is 6.04. The number of nitrogens with zero attached hydrogens (tertiary/aromatic N) is 4. The molecule has 0 aliphatic heterocycles. The third-order valence-corrected chi connectivity index (χ3v) is 4.17. The van der Waals surface area contributed by atoms with Gasteiger partial charge in [-0.05, 0) is 26.0 Å². The highest BCUT2D eigenvalue weighted by Crippen LogP contribution is 2.22. The van der Waals surface area contributed by atoms with Crippen molar-refractivity contribution in [1.82, 2.24) is 14.9 Å². The molecule has 8 heteroatoms. The topological polar surface area (TPSA) is 94.1 Å². The van der Waals surface area contributed by atoms with E-state index >= 15 is 0 Å². The van der Waals surface area contributed by atoms with Crippen LogP contribution in [0.1, 0.15) is 12.6 Å². The van der Waals surface area contributed by atoms with Crippen molar-refractivity contribution in [1.29, 1.82) is 0 Å². The Morgan fingerprint density at radius 3 is 2.59 bits per heavy atom. The molecular formula is C14H17N5O2S. The highest BCUT2D eigenvalue weighted by molar-refractivity contribution is 8.00. The Hall–Kier alpha value is -2.35. The van der Waals surface area contributed by atoms with Gasteiger partial charge < -0.3 is 10.7 Å². The normalized spacial score (nSPS) is 12.0. The summed E-state index contributed by atoms with van der Waals surface area (Å²) in [5, 5.41) is 7.36. The van der Waals surface area contributed by atoms with Crippen LogP contribution in [0.4, 0.5) is 5.69 Å². The first-order valence-electron chi connectivity index (χ1n) is 6.62. The minimum atomic E-state index is -0.462. The monoisotopic (exact) mass is 319 g/mol. The van der Waals surface area contributed by atoms with Crippen LogP contribution in [0.3, 0.4) is 0 Å². The van der Waals surface area contributed by atoms with Crippen LogP contribution in [0.2, 0.25) is 0 Å². The molecule has 0 aliphatic carbocycles. The molecule has 7 nitrogen and oxygen atoms in total. The largest absolute Gasteiger partial charge is 0.334 e. The Kier molecular flexibility index (Phi) is 4.81. The maximum absolute atomic E-state index is 12.4. The van der Waals surface area contributed by atoms with Gasteiger partial charge in [0.15, 0.2) is 0 Å². The third-order valence-electron chi connectivity index (χ3n) is 3.12. The van der Waals surface area contributed by atoms with Gasteiger partial charge in [0, 0.05) is 12.7 Å². The van der Waals surface area contributed by atoms with Crippen molar-refractivity contribution in [2.75, 3.05) is 17.8 Å². The van der Waals surface area contributed by atoms with E-state index in [2.05, 4.69) is 10.2 Å². The van der Waals surface area contributed by atoms with Gasteiger partial charge in [0.2, 0.25) is 11.1 Å². The quantitative estimate of drug-likeness (QED) is 0.662. The summed E-state index contributed by atoms with van der Waals surface area (Å²) in [6, 6.07) is 9.30. The number of hydrogen-bond acceptors (Lipinski definition) is 6. The Morgan fingerprint density at radius 2 is 1.95 bits per heavy atom. The van der Waals surface area contributed by atoms with Crippen LogP contribution in [0.15, 0.2) is 40.3 Å². The Labute approximate surface area is 132 Å². The predicted octanol–water partition coefficient (Wildman–Crippen LogP) is 0.804. The molecule has 0 unspecified atom stereocenters. The van der Waals surface area contributed by atoms with E-state index in [1.165, 1.54) is 6.92 Å². The number of thioether (sulfide) groups is 1. The number of amides is 1. The van der Waals surface area contributed by atoms with E-state index in [9.17, 15) is 9.59 Å². The third kappa shape index (κ3) is 3.28. The zero-order chi connectivity index (χ0) is 16.3. The molecule has 0 spiro atoms. The summed E-state index contributed by atoms with van der Waals surface area (Å²) < 4.78 is 0.916. The highest BCUT2D eigenvalue weighted by Gasteiger charge is 2.22. The molecule has 1 aromatic heterocycles. The molecule has 22 heavy (non-hydrogen) atoms. The molecule has 0 saturated heterocycles. The Morgan fingerprint density at radius 1 is 1.32 bits per heavy atom. The number of nitrogen functional groups attached to an aromatic ring is 1. The predicted molar refractivity (Wildman–Crippen MR) is 86.4 cm³/mol. The molecular weight excluding hydrogens is 302 g/mol. The molecule has 0 fully saturated rings. The second-order valence-electron chi connectivity index (χ2n) is 4.74. The maximum Gasteiger partial charge on any atom is 0.294 e. The summed E-state index contributed by atoms with van der Waals surface area (Å²) in [4.78, 5) is 25.7. The van der Waals surface area contributed by atoms with Crippen molar-refractivity contribution in [3.8, 4) is 0 Å². The van der Waals surface area contributed by atoms with Crippen LogP contribution in [0, 0.1) is 6.92 Å². The van der Waals surface area contributed by atoms with Gasteiger partial charge in [0.25, 0.3) is 5.56 Å². The first kappa shape index (κ1) is 16.0. The second kappa shape index (κ2) is 6.61. The maximum atomic E-state index is 12.4. The molecule has 2 N–H and O–H groups in total. The van der Waals surface area contributed by atoms with E-state index < -0.39 is 10.8 Å². The van der Waals surface area contributed by atoms with Crippen molar-refractivity contribution in [2.45, 2.75) is 24.3 Å². The number of aryl methyl sites for hydroxylation is 1. The summed E-state index contributed by atoms with van der Waals surface area (Å²) in [6.45, 7) is 3.27. The molecule has 1 amide bonds. The zero-order valence-electron chi connectivity index (χ0n) is 12.6. The number of carbonyl (C=O) groups is 1. The number of rotatable bonds is 4. The van der Waals surface area contributed by atoms with Gasteiger partial charge in [0.05, 0.1) is 5.25 Å². The van der Waals surface area contributed by atoms with Gasteiger partial charge in [-0.2, -0.15) is 4.68 Å². The van der Waals surface area contributed by atoms with Crippen molar-refractivity contribution in [3.05, 3.63) is 46.4 Å². The Balaban J connectivity index is 2.15. The first-order valence-corrected chi connectivity index (χ1v) is 7.50. The lowest BCUT2D eigenvalue weighted by Crippen LogP contribution is -2.36. The SMILES string of the molecule is Cc1nnc(S[C@@H](C)C(=O)N(C)c2ccccc2)n(N)c1=O. The number of aromatic nitrogens is 3. The van der Waals surface area contributed by atoms with E-state index in [4.69, 9.17) is 5.84 Å². The molecule has 0 aliphatic rings. The van der Waals surface area contributed by atoms with Crippen LogP contribution in [0.25, 0.3) is 0 Å². The van der Waals surface area contributed by atoms with Crippen LogP contribution in [-0.4, -0.2) is 33.1 Å². The standard InChI is InChI=1S/C14H17N5O2S/c1-9-12(20)19(15)14(17-16-9)22-10(2)13(21)18(3)11-7-5-4-6-8-11/h4-8,10H,15H2,1-3H3/t10-/m0/s1. The Bertz CT molecular complexity index is 732. The number of para-hydroxylation sites is 1. The molecule has 1 heterocycles. The van der Waals surface area contributed by atoms with Crippen molar-refractivity contribution in [2.24, 2.45) is 0 Å². The number of hydrogen-bond donors (Lipinski definition) is 1. The van der Waals surface area contributed by atoms with E-state index in [1.807, 2.05) is 30.3 Å². The molecule has 116 valence electrons. The average Bonchev–Trinajstić information content (AvgIpc) is 2.54. The van der Waals surface area contributed by atoms with Gasteiger partial charge in [-0.3, -0.25) is 9.59 Å². The number of anilines is 1. The van der Waals surface area contributed by atoms with Gasteiger partial charge in [-0.1, -0.05) is 30.0 Å². The fourth-order valence-electron chi connectivity index (χ4n) is 1.81. The van der Waals surface area contributed by atoms with Crippen molar-refractivity contribution < 1.29 is 4.79 Å². The minimum Gasteiger partial charge on any atom is -0.334 e. The molecule has 2 rings (SSSR count). The summed E-state index contributed by atoms with van der Waals surface area (Å²) in [7, 11) is 1.70. The number of nitrogens with two attached hydrogens (primary N) is 1. The van der Waals surface area contributed by atoms with Gasteiger partial charge in [-0.15, -0.1) is 10.2 Å². The molecule has 1 atom stereocenters. The summed E-state index contributed by atoms with van der Waals surface area (Å²) in [5.74, 6) is 5.56. The van der Waals surface area contributed by atoms with E-state index in [0.717, 1.165) is 22.1 Å². The molecule has 0 radical (unpaired) electrons. The van der Waals surface area contributed by atoms with Crippen molar-refractivity contribution in [3.63, 3.8) is 0 Å². The van der Waals surface area contributed by atoms with Crippen LogP contribution in [0.5, 0.6) is 0 Å². The zero-order valence-corrected chi connectivity index (χ0v) is 13.4. The van der Waals surface area contributed by atoms with Crippen molar-refractivity contribution >= 4 is 23.4 Å². The van der Waals surface area contributed by atoms with E-state index in [-0.39, 0.29) is 16.8 Å². The average molecular weight is 319 g/mol. The lowest BCUT2D eigenvalue weighted by molar-refractivity contribution is -0.117. The van der Waals surface area contributed by atoms with E-state index in [1.54, 1.807) is 18.9 Å². The number of carbonyl (C=O) groups excluding carboxylic acids is 1. The molecule has 1 aromatic carbocycles. The molecule has 2 aromatic rings. The van der Waals surface area contributed by atoms with Gasteiger partial charge in [0.1, 0.15) is 5.69 Å². The molecule has 0 bridgehead atoms. The van der Waals surface area contributed by atoms with Gasteiger partial charge >= 0.3 is 0 Å². The number of benzene rings is 1. The fourth-order valence-corrected chi connectivity index (χ4v) is 2.67. The highest BCUT2D eigenvalue weighted by atomic mass is 32.2. The molecule has 0 saturated carbocycles. The lowest BCUT2D eigenvalue weighted by Gasteiger charge is -2.21. The van der Waals surface area contributed by atoms with Gasteiger partial charge in [-0.25, -0.2) is 0 Å². The summed E-state index contributed by atoms with van der Waals surface area (Å²) in [6.07, 6.45) is 0. The lowest BCUT2D eigenvalue weighted by atomic mass is 10.3. The van der Waals surface area contributed by atoms with Crippen LogP contribution in [-0.2, 0) is 4.79 Å². The minimum absolute atomic E-state index is 0.119. The fraction of sp³-hybridized carbons (Fsp3) is 0.286. The van der Waals surface area contributed by atoms with Crippen LogP contribution < -0.4 is 16.3 Å². The van der Waals surface area contributed by atoms with Crippen LogP contribution >= 0.6 is 11.8 Å². The smallest absolute Gasteiger partial charge is 0.294 e. The summed E-state index contributed by atoms with van der Waals surface area (Å²) in [5.41, 5.74) is 0.584. The van der Waals surface area contributed by atoms with E-state index in [0.29, 0.717) is 0 Å². The summed E-state index contributed by atoms with van der Waals surface area (Å²) >= 11 is 1.10. The first-order chi connectivity index (χ1) is 10.4.